The maximum absolute atomic E-state index is 13.4. The number of rotatable bonds is 17. The molecule has 2 heterocycles. The topological polar surface area (TPSA) is 168 Å². The van der Waals surface area contributed by atoms with Gasteiger partial charge < -0.3 is 41.2 Å². The Morgan fingerprint density at radius 1 is 1.05 bits per heavy atom. The summed E-state index contributed by atoms with van der Waals surface area (Å²) < 4.78 is 11.0. The number of aromatic hydroxyl groups is 1. The second-order valence-corrected chi connectivity index (χ2v) is 15.1. The number of hydrogen-bond donors (Lipinski definition) is 5. The summed E-state index contributed by atoms with van der Waals surface area (Å²) in [6, 6.07) is 22.6. The number of aryl methyl sites for hydroxylation is 1. The summed E-state index contributed by atoms with van der Waals surface area (Å²) in [5.74, 6) is 0.443. The fraction of sp³-hybridized carbons (Fsp3) is 0.302. The van der Waals surface area contributed by atoms with E-state index in [1.807, 2.05) is 74.6 Å². The Morgan fingerprint density at radius 3 is 2.66 bits per heavy atom. The summed E-state index contributed by atoms with van der Waals surface area (Å²) in [5.41, 5.74) is 11.0. The van der Waals surface area contributed by atoms with E-state index in [9.17, 15) is 19.5 Å². The van der Waals surface area contributed by atoms with Crippen molar-refractivity contribution in [2.24, 2.45) is 5.73 Å². The molecule has 0 spiro atoms. The van der Waals surface area contributed by atoms with Crippen LogP contribution in [0.3, 0.4) is 0 Å². The van der Waals surface area contributed by atoms with Crippen molar-refractivity contribution in [1.29, 1.82) is 0 Å². The van der Waals surface area contributed by atoms with Crippen molar-refractivity contribution in [3.8, 4) is 17.2 Å². The zero-order chi connectivity index (χ0) is 39.8. The number of phenolic OH excluding ortho intramolecular Hbond substituents is 1. The number of phenols is 1. The van der Waals surface area contributed by atoms with Crippen LogP contribution in [0.25, 0.3) is 10.9 Å². The first-order chi connectivity index (χ1) is 27.0. The van der Waals surface area contributed by atoms with Crippen molar-refractivity contribution in [2.45, 2.75) is 55.2 Å². The number of methoxy groups -OCH3 is 1. The average molecular weight is 777 g/mol. The highest BCUT2D eigenvalue weighted by Gasteiger charge is 2.25. The van der Waals surface area contributed by atoms with Crippen LogP contribution in [0, 0.1) is 6.92 Å². The Labute approximate surface area is 331 Å². The molecule has 6 rings (SSSR count). The number of nitrogens with one attached hydrogen (secondary N) is 3. The van der Waals surface area contributed by atoms with Crippen molar-refractivity contribution < 1.29 is 29.0 Å². The van der Waals surface area contributed by atoms with Gasteiger partial charge in [0.25, 0.3) is 17.7 Å². The monoisotopic (exact) mass is 776 g/mol. The van der Waals surface area contributed by atoms with Gasteiger partial charge in [0.1, 0.15) is 17.2 Å². The van der Waals surface area contributed by atoms with Gasteiger partial charge in [0.15, 0.2) is 12.4 Å². The number of ether oxygens (including phenoxy) is 2. The largest absolute Gasteiger partial charge is 0.506 e. The average Bonchev–Trinajstić information content (AvgIpc) is 3.19. The van der Waals surface area contributed by atoms with Crippen molar-refractivity contribution in [3.05, 3.63) is 101 Å². The summed E-state index contributed by atoms with van der Waals surface area (Å²) in [6.45, 7) is 6.26. The maximum atomic E-state index is 13.4. The number of carbonyl (C=O) groups excluding carboxylic acids is 3. The quantitative estimate of drug-likeness (QED) is 0.0468. The third kappa shape index (κ3) is 9.53. The molecular weight excluding hydrogens is 729 g/mol. The first kappa shape index (κ1) is 39.9. The molecule has 56 heavy (non-hydrogen) atoms. The highest BCUT2D eigenvalue weighted by atomic mass is 32.2. The van der Waals surface area contributed by atoms with Crippen LogP contribution in [-0.4, -0.2) is 73.1 Å². The molecular formula is C43H48N6O6S. The lowest BCUT2D eigenvalue weighted by Gasteiger charge is -2.24. The van der Waals surface area contributed by atoms with Crippen LogP contribution in [-0.2, 0) is 4.79 Å². The summed E-state index contributed by atoms with van der Waals surface area (Å²) in [4.78, 5) is 45.8. The smallest absolute Gasteiger partial charge is 0.262 e. The minimum Gasteiger partial charge on any atom is -0.506 e. The Kier molecular flexibility index (Phi) is 13.0. The summed E-state index contributed by atoms with van der Waals surface area (Å²) in [5, 5.41) is 20.5. The van der Waals surface area contributed by atoms with Gasteiger partial charge in [-0.25, -0.2) is 0 Å². The van der Waals surface area contributed by atoms with Gasteiger partial charge in [-0.2, -0.15) is 0 Å². The molecule has 0 fully saturated rings. The van der Waals surface area contributed by atoms with Crippen molar-refractivity contribution in [1.82, 2.24) is 15.2 Å². The van der Waals surface area contributed by atoms with Crippen molar-refractivity contribution in [3.63, 3.8) is 0 Å². The van der Waals surface area contributed by atoms with E-state index in [1.54, 1.807) is 18.1 Å². The van der Waals surface area contributed by atoms with Gasteiger partial charge in [0.05, 0.1) is 23.9 Å². The summed E-state index contributed by atoms with van der Waals surface area (Å²) in [6.07, 6.45) is 5.46. The molecule has 4 aromatic carbocycles. The number of hydrogen-bond acceptors (Lipinski definition) is 10. The fourth-order valence-corrected chi connectivity index (χ4v) is 7.79. The Hall–Kier alpha value is -5.79. The second-order valence-electron chi connectivity index (χ2n) is 14.0. The number of benzene rings is 4. The van der Waals surface area contributed by atoms with Crippen LogP contribution >= 0.6 is 11.8 Å². The molecule has 0 saturated carbocycles. The van der Waals surface area contributed by atoms with Gasteiger partial charge >= 0.3 is 0 Å². The van der Waals surface area contributed by atoms with Crippen LogP contribution < -0.4 is 31.2 Å². The molecule has 1 aromatic heterocycles. The number of unbranched alkanes of at least 4 members (excludes halogenated alkanes) is 3. The molecule has 12 nitrogen and oxygen atoms in total. The van der Waals surface area contributed by atoms with Crippen molar-refractivity contribution >= 4 is 57.4 Å². The second kappa shape index (κ2) is 18.2. The number of aromatic nitrogens is 1. The SMILES string of the molecule is COc1cccc(Nc2c(C(N)=O)cnc3c(C)cc(Sc4cccc(C(=O)N(C)CCCCCCNC[C@H](C)c5ccc(O)c6c5OCC(=O)N6)c4)cc23)c1. The molecule has 292 valence electrons. The van der Waals surface area contributed by atoms with Crippen LogP contribution in [0.2, 0.25) is 0 Å². The molecule has 0 aliphatic carbocycles. The maximum Gasteiger partial charge on any atom is 0.262 e. The van der Waals surface area contributed by atoms with Crippen molar-refractivity contribution in [2.75, 3.05) is 51.0 Å². The van der Waals surface area contributed by atoms with Crippen LogP contribution in [0.15, 0.2) is 88.8 Å². The molecule has 1 atom stereocenters. The predicted octanol–water partition coefficient (Wildman–Crippen LogP) is 7.61. The molecule has 1 aliphatic rings. The lowest BCUT2D eigenvalue weighted by Crippen LogP contribution is -2.28. The van der Waals surface area contributed by atoms with E-state index < -0.39 is 5.91 Å². The molecule has 0 unspecified atom stereocenters. The number of fused-ring (bicyclic) bond motifs is 2. The molecule has 6 N–H and O–H groups in total. The number of carbonyl (C=O) groups is 3. The summed E-state index contributed by atoms with van der Waals surface area (Å²) >= 11 is 1.53. The minimum atomic E-state index is -0.588. The number of nitrogens with two attached hydrogens (primary N) is 1. The van der Waals surface area contributed by atoms with Crippen LogP contribution in [0.4, 0.5) is 17.1 Å². The van der Waals surface area contributed by atoms with E-state index >= 15 is 0 Å². The zero-order valence-electron chi connectivity index (χ0n) is 32.1. The third-order valence-corrected chi connectivity index (χ3v) is 10.7. The highest BCUT2D eigenvalue weighted by molar-refractivity contribution is 7.99. The van der Waals surface area contributed by atoms with E-state index in [1.165, 1.54) is 18.0 Å². The number of nitrogens with zero attached hydrogens (tertiary/aromatic N) is 2. The number of anilines is 3. The Morgan fingerprint density at radius 2 is 1.86 bits per heavy atom. The molecule has 0 saturated heterocycles. The lowest BCUT2D eigenvalue weighted by molar-refractivity contribution is -0.118. The van der Waals surface area contributed by atoms with E-state index in [0.717, 1.165) is 76.3 Å². The lowest BCUT2D eigenvalue weighted by atomic mass is 9.98. The predicted molar refractivity (Wildman–Crippen MR) is 221 cm³/mol. The summed E-state index contributed by atoms with van der Waals surface area (Å²) in [7, 11) is 3.44. The normalized spacial score (nSPS) is 12.7. The Balaban J connectivity index is 1.00. The van der Waals surface area contributed by atoms with Gasteiger partial charge in [0.2, 0.25) is 0 Å². The van der Waals surface area contributed by atoms with Gasteiger partial charge in [-0.1, -0.05) is 49.7 Å². The van der Waals surface area contributed by atoms with E-state index in [-0.39, 0.29) is 35.7 Å². The standard InChI is InChI=1S/C43H48N6O6S/c1-26-19-32(22-34-38(26)46-24-35(42(44)52)39(34)47-29-12-10-13-30(21-29)54-4)56-31-14-9-11-28(20-31)43(53)49(3)18-8-6-5-7-17-45-23-27(2)33-15-16-36(50)40-41(33)55-25-37(51)48-40/h9-16,19-22,24,27,45,50H,5-8,17-18,23,25H2,1-4H3,(H2,44,52)(H,46,47)(H,48,51)/t27-/m0/s1. The molecule has 13 heteroatoms. The van der Waals surface area contributed by atoms with Gasteiger partial charge in [0, 0.05) is 64.4 Å². The third-order valence-electron chi connectivity index (χ3n) is 9.76. The van der Waals surface area contributed by atoms with Crippen LogP contribution in [0.5, 0.6) is 17.2 Å². The molecule has 3 amide bonds. The van der Waals surface area contributed by atoms with E-state index in [2.05, 4.69) is 33.9 Å². The van der Waals surface area contributed by atoms with E-state index in [4.69, 9.17) is 15.2 Å². The molecule has 1 aliphatic heterocycles. The molecule has 0 bridgehead atoms. The zero-order valence-corrected chi connectivity index (χ0v) is 32.9. The Bertz CT molecular complexity index is 2250. The minimum absolute atomic E-state index is 0.000451. The van der Waals surface area contributed by atoms with Gasteiger partial charge in [-0.3, -0.25) is 19.4 Å². The molecule has 0 radical (unpaired) electrons. The first-order valence-electron chi connectivity index (χ1n) is 18.7. The number of primary amides is 1. The molecule has 5 aromatic rings. The highest BCUT2D eigenvalue weighted by Crippen LogP contribution is 2.42. The number of amides is 3. The van der Waals surface area contributed by atoms with E-state index in [0.29, 0.717) is 35.0 Å². The van der Waals surface area contributed by atoms with Gasteiger partial charge in [-0.15, -0.1) is 0 Å². The van der Waals surface area contributed by atoms with Gasteiger partial charge in [-0.05, 0) is 86.3 Å². The fourth-order valence-electron chi connectivity index (χ4n) is 6.77. The van der Waals surface area contributed by atoms with Crippen LogP contribution in [0.1, 0.15) is 70.4 Å². The number of pyridine rings is 1. The first-order valence-corrected chi connectivity index (χ1v) is 19.5.